The third kappa shape index (κ3) is 3.29. The van der Waals surface area contributed by atoms with Crippen molar-refractivity contribution in [3.05, 3.63) is 47.8 Å². The zero-order valence-electron chi connectivity index (χ0n) is 14.6. The Morgan fingerprint density at radius 2 is 1.92 bits per heavy atom. The second kappa shape index (κ2) is 6.68. The summed E-state index contributed by atoms with van der Waals surface area (Å²) in [4.78, 5) is 17.7. The minimum atomic E-state index is -0.548. The number of halogens is 2. The molecule has 0 saturated carbocycles. The first-order chi connectivity index (χ1) is 12.5. The van der Waals surface area contributed by atoms with Crippen molar-refractivity contribution < 1.29 is 13.6 Å². The average molecular weight is 361 g/mol. The Morgan fingerprint density at radius 1 is 1.15 bits per heavy atom. The molecule has 3 heterocycles. The third-order valence-electron chi connectivity index (χ3n) is 5.07. The van der Waals surface area contributed by atoms with E-state index in [-0.39, 0.29) is 12.1 Å². The minimum absolute atomic E-state index is 0.00858. The molecule has 2 aliphatic rings. The fourth-order valence-electron chi connectivity index (χ4n) is 3.69. The molecule has 1 atom stereocenters. The molecule has 0 bridgehead atoms. The molecule has 2 aliphatic heterocycles. The molecule has 138 valence electrons. The standard InChI is InChI=1S/C18H21F2N5O/c1-22-4-5-24(18(22)26)17-9-21-25(12-17)16-2-3-23(11-16)10-13-6-14(19)8-15(20)7-13/h6-9,12,16H,2-5,10-11H2,1H3. The Balaban J connectivity index is 1.40. The van der Waals surface area contributed by atoms with Crippen LogP contribution in [0.3, 0.4) is 0 Å². The minimum Gasteiger partial charge on any atom is -0.326 e. The van der Waals surface area contributed by atoms with Gasteiger partial charge in [0, 0.05) is 52.0 Å². The summed E-state index contributed by atoms with van der Waals surface area (Å²) >= 11 is 0. The van der Waals surface area contributed by atoms with Crippen molar-refractivity contribution >= 4 is 11.7 Å². The number of hydrogen-bond acceptors (Lipinski definition) is 3. The number of likely N-dealkylation sites (N-methyl/N-ethyl adjacent to an activating group) is 1. The van der Waals surface area contributed by atoms with Gasteiger partial charge in [-0.15, -0.1) is 0 Å². The molecule has 2 fully saturated rings. The van der Waals surface area contributed by atoms with Crippen LogP contribution in [0.5, 0.6) is 0 Å². The van der Waals surface area contributed by atoms with Gasteiger partial charge in [-0.3, -0.25) is 14.5 Å². The van der Waals surface area contributed by atoms with E-state index in [1.54, 1.807) is 23.0 Å². The summed E-state index contributed by atoms with van der Waals surface area (Å²) in [5.74, 6) is -1.10. The summed E-state index contributed by atoms with van der Waals surface area (Å²) < 4.78 is 28.6. The number of likely N-dealkylation sites (tertiary alicyclic amines) is 1. The molecule has 0 radical (unpaired) electrons. The molecule has 8 heteroatoms. The van der Waals surface area contributed by atoms with Crippen molar-refractivity contribution in [2.75, 3.05) is 38.1 Å². The van der Waals surface area contributed by atoms with E-state index in [4.69, 9.17) is 0 Å². The number of carbonyl (C=O) groups is 1. The highest BCUT2D eigenvalue weighted by atomic mass is 19.1. The maximum Gasteiger partial charge on any atom is 0.324 e. The van der Waals surface area contributed by atoms with Crippen molar-refractivity contribution in [2.24, 2.45) is 0 Å². The van der Waals surface area contributed by atoms with Gasteiger partial charge >= 0.3 is 6.03 Å². The highest BCUT2D eigenvalue weighted by Gasteiger charge is 2.29. The van der Waals surface area contributed by atoms with Crippen LogP contribution in [-0.4, -0.2) is 58.8 Å². The molecule has 0 spiro atoms. The van der Waals surface area contributed by atoms with E-state index >= 15 is 0 Å². The Bertz CT molecular complexity index is 803. The number of amides is 2. The normalized spacial score (nSPS) is 21.2. The molecule has 6 nitrogen and oxygen atoms in total. The fraction of sp³-hybridized carbons (Fsp3) is 0.444. The van der Waals surface area contributed by atoms with Gasteiger partial charge in [0.2, 0.25) is 0 Å². The molecule has 0 aliphatic carbocycles. The van der Waals surface area contributed by atoms with Crippen LogP contribution in [0.4, 0.5) is 19.3 Å². The first kappa shape index (κ1) is 17.0. The number of aromatic nitrogens is 2. The number of rotatable bonds is 4. The van der Waals surface area contributed by atoms with Gasteiger partial charge in [-0.25, -0.2) is 13.6 Å². The lowest BCUT2D eigenvalue weighted by Crippen LogP contribution is -2.28. The number of carbonyl (C=O) groups excluding carboxylic acids is 1. The Morgan fingerprint density at radius 3 is 2.62 bits per heavy atom. The molecule has 1 aromatic carbocycles. The van der Waals surface area contributed by atoms with Gasteiger partial charge in [-0.05, 0) is 24.1 Å². The quantitative estimate of drug-likeness (QED) is 0.840. The van der Waals surface area contributed by atoms with Crippen LogP contribution < -0.4 is 4.90 Å². The van der Waals surface area contributed by atoms with E-state index in [9.17, 15) is 13.6 Å². The van der Waals surface area contributed by atoms with E-state index in [0.29, 0.717) is 25.2 Å². The summed E-state index contributed by atoms with van der Waals surface area (Å²) in [5.41, 5.74) is 1.44. The molecular weight excluding hydrogens is 340 g/mol. The van der Waals surface area contributed by atoms with Crippen molar-refractivity contribution in [3.8, 4) is 0 Å². The smallest absolute Gasteiger partial charge is 0.324 e. The first-order valence-corrected chi connectivity index (χ1v) is 8.74. The van der Waals surface area contributed by atoms with Gasteiger partial charge in [0.25, 0.3) is 0 Å². The second-order valence-electron chi connectivity index (χ2n) is 6.99. The number of nitrogens with zero attached hydrogens (tertiary/aromatic N) is 5. The lowest BCUT2D eigenvalue weighted by Gasteiger charge is -2.16. The zero-order chi connectivity index (χ0) is 18.3. The van der Waals surface area contributed by atoms with Crippen LogP contribution in [0.25, 0.3) is 0 Å². The number of anilines is 1. The fourth-order valence-corrected chi connectivity index (χ4v) is 3.69. The molecule has 2 saturated heterocycles. The topological polar surface area (TPSA) is 44.6 Å². The van der Waals surface area contributed by atoms with E-state index in [1.165, 1.54) is 12.1 Å². The van der Waals surface area contributed by atoms with Gasteiger partial charge in [0.15, 0.2) is 0 Å². The summed E-state index contributed by atoms with van der Waals surface area (Å²) in [5, 5.41) is 4.43. The van der Waals surface area contributed by atoms with Crippen LogP contribution >= 0.6 is 0 Å². The average Bonchev–Trinajstić information content (AvgIpc) is 3.28. The highest BCUT2D eigenvalue weighted by Crippen LogP contribution is 2.26. The predicted octanol–water partition coefficient (Wildman–Crippen LogP) is 2.48. The SMILES string of the molecule is CN1CCN(c2cnn(C3CCN(Cc4cc(F)cc(F)c4)C3)c2)C1=O. The van der Waals surface area contributed by atoms with E-state index < -0.39 is 11.6 Å². The summed E-state index contributed by atoms with van der Waals surface area (Å²) in [6, 6.07) is 3.82. The van der Waals surface area contributed by atoms with Crippen molar-refractivity contribution in [2.45, 2.75) is 19.0 Å². The van der Waals surface area contributed by atoms with Crippen LogP contribution in [0.2, 0.25) is 0 Å². The zero-order valence-corrected chi connectivity index (χ0v) is 14.6. The number of urea groups is 1. The van der Waals surface area contributed by atoms with Crippen LogP contribution in [-0.2, 0) is 6.54 Å². The summed E-state index contributed by atoms with van der Waals surface area (Å²) in [6.45, 7) is 3.49. The van der Waals surface area contributed by atoms with Crippen molar-refractivity contribution in [1.82, 2.24) is 19.6 Å². The molecule has 1 unspecified atom stereocenters. The Hall–Kier alpha value is -2.48. The molecule has 26 heavy (non-hydrogen) atoms. The van der Waals surface area contributed by atoms with Gasteiger partial charge in [0.1, 0.15) is 11.6 Å². The summed E-state index contributed by atoms with van der Waals surface area (Å²) in [6.07, 6.45) is 4.54. The lowest BCUT2D eigenvalue weighted by atomic mass is 10.2. The lowest BCUT2D eigenvalue weighted by molar-refractivity contribution is 0.229. The van der Waals surface area contributed by atoms with Gasteiger partial charge in [-0.1, -0.05) is 0 Å². The van der Waals surface area contributed by atoms with Crippen LogP contribution in [0.15, 0.2) is 30.6 Å². The Kier molecular flexibility index (Phi) is 4.36. The van der Waals surface area contributed by atoms with Crippen LogP contribution in [0, 0.1) is 11.6 Å². The monoisotopic (exact) mass is 361 g/mol. The number of hydrogen-bond donors (Lipinski definition) is 0. The van der Waals surface area contributed by atoms with E-state index in [1.807, 2.05) is 10.9 Å². The highest BCUT2D eigenvalue weighted by molar-refractivity contribution is 5.93. The van der Waals surface area contributed by atoms with Crippen LogP contribution in [0.1, 0.15) is 18.0 Å². The van der Waals surface area contributed by atoms with E-state index in [2.05, 4.69) is 10.00 Å². The maximum atomic E-state index is 13.3. The van der Waals surface area contributed by atoms with Gasteiger partial charge < -0.3 is 4.90 Å². The van der Waals surface area contributed by atoms with Crippen molar-refractivity contribution in [3.63, 3.8) is 0 Å². The molecule has 2 aromatic rings. The Labute approximate surface area is 150 Å². The molecule has 2 amide bonds. The molecule has 1 aromatic heterocycles. The summed E-state index contributed by atoms with van der Waals surface area (Å²) in [7, 11) is 1.79. The molecular formula is C18H21F2N5O. The van der Waals surface area contributed by atoms with Gasteiger partial charge in [0.05, 0.1) is 17.9 Å². The number of benzene rings is 1. The predicted molar refractivity (Wildman–Crippen MR) is 92.9 cm³/mol. The van der Waals surface area contributed by atoms with Gasteiger partial charge in [-0.2, -0.15) is 5.10 Å². The largest absolute Gasteiger partial charge is 0.326 e. The first-order valence-electron chi connectivity index (χ1n) is 8.74. The van der Waals surface area contributed by atoms with E-state index in [0.717, 1.165) is 31.3 Å². The molecule has 0 N–H and O–H groups in total. The third-order valence-corrected chi connectivity index (χ3v) is 5.07. The maximum absolute atomic E-state index is 13.3. The second-order valence-corrected chi connectivity index (χ2v) is 6.99. The van der Waals surface area contributed by atoms with Crippen molar-refractivity contribution in [1.29, 1.82) is 0 Å². The molecule has 4 rings (SSSR count).